The van der Waals surface area contributed by atoms with Gasteiger partial charge >= 0.3 is 0 Å². The lowest BCUT2D eigenvalue weighted by molar-refractivity contribution is -0.123. The minimum Gasteiger partial charge on any atom is -0.484 e. The molecule has 1 amide bonds. The maximum Gasteiger partial charge on any atom is 0.258 e. The number of amides is 1. The molecule has 0 aromatic heterocycles. The van der Waals surface area contributed by atoms with Crippen LogP contribution in [-0.2, 0) is 27.4 Å². The third-order valence-electron chi connectivity index (χ3n) is 4.32. The predicted octanol–water partition coefficient (Wildman–Crippen LogP) is 3.73. The highest BCUT2D eigenvalue weighted by Crippen LogP contribution is 2.16. The Morgan fingerprint density at radius 1 is 1.11 bits per heavy atom. The summed E-state index contributed by atoms with van der Waals surface area (Å²) in [5.41, 5.74) is 2.13. The molecule has 3 rings (SSSR count). The third kappa shape index (κ3) is 6.86. The summed E-state index contributed by atoms with van der Waals surface area (Å²) in [6.07, 6.45) is 2.17. The molecule has 1 saturated heterocycles. The highest BCUT2D eigenvalue weighted by atomic mass is 35.5. The largest absolute Gasteiger partial charge is 0.484 e. The lowest BCUT2D eigenvalue weighted by Gasteiger charge is -2.22. The van der Waals surface area contributed by atoms with E-state index in [-0.39, 0.29) is 18.6 Å². The van der Waals surface area contributed by atoms with Crippen LogP contribution in [0.4, 0.5) is 0 Å². The molecule has 27 heavy (non-hydrogen) atoms. The fraction of sp³-hybridized carbons (Fsp3) is 0.381. The van der Waals surface area contributed by atoms with Gasteiger partial charge in [0, 0.05) is 24.8 Å². The van der Waals surface area contributed by atoms with Gasteiger partial charge in [-0.05, 0) is 48.2 Å². The Labute approximate surface area is 164 Å². The van der Waals surface area contributed by atoms with Crippen LogP contribution < -0.4 is 10.1 Å². The molecule has 0 saturated carbocycles. The molecular weight excluding hydrogens is 366 g/mol. The van der Waals surface area contributed by atoms with Gasteiger partial charge in [0.1, 0.15) is 5.75 Å². The van der Waals surface area contributed by atoms with E-state index in [4.69, 9.17) is 25.8 Å². The molecule has 0 spiro atoms. The minimum atomic E-state index is -0.172. The van der Waals surface area contributed by atoms with Crippen LogP contribution in [0.5, 0.6) is 5.75 Å². The van der Waals surface area contributed by atoms with Crippen LogP contribution in [0.15, 0.2) is 48.5 Å². The van der Waals surface area contributed by atoms with Crippen molar-refractivity contribution in [3.05, 3.63) is 64.7 Å². The summed E-state index contributed by atoms with van der Waals surface area (Å²) in [5.74, 6) is 0.440. The quantitative estimate of drug-likeness (QED) is 0.747. The second-order valence-electron chi connectivity index (χ2n) is 6.46. The Morgan fingerprint density at radius 2 is 1.85 bits per heavy atom. The number of hydrogen-bond donors (Lipinski definition) is 1. The predicted molar refractivity (Wildman–Crippen MR) is 104 cm³/mol. The first kappa shape index (κ1) is 19.7. The van der Waals surface area contributed by atoms with Gasteiger partial charge in [-0.15, -0.1) is 0 Å². The van der Waals surface area contributed by atoms with E-state index in [0.29, 0.717) is 23.9 Å². The van der Waals surface area contributed by atoms with Crippen LogP contribution in [0.1, 0.15) is 24.0 Å². The third-order valence-corrected chi connectivity index (χ3v) is 4.57. The number of ether oxygens (including phenoxy) is 3. The average Bonchev–Trinajstić information content (AvgIpc) is 2.71. The molecule has 1 aliphatic heterocycles. The van der Waals surface area contributed by atoms with Crippen LogP contribution in [0, 0.1) is 0 Å². The van der Waals surface area contributed by atoms with E-state index < -0.39 is 0 Å². The lowest BCUT2D eigenvalue weighted by Crippen LogP contribution is -2.28. The molecule has 0 unspecified atom stereocenters. The van der Waals surface area contributed by atoms with E-state index in [0.717, 1.165) is 37.2 Å². The lowest BCUT2D eigenvalue weighted by atomic mass is 10.1. The fourth-order valence-corrected chi connectivity index (χ4v) is 2.94. The van der Waals surface area contributed by atoms with E-state index >= 15 is 0 Å². The number of benzene rings is 2. The van der Waals surface area contributed by atoms with Gasteiger partial charge in [0.15, 0.2) is 6.61 Å². The van der Waals surface area contributed by atoms with Crippen LogP contribution >= 0.6 is 11.6 Å². The second kappa shape index (κ2) is 10.3. The van der Waals surface area contributed by atoms with Gasteiger partial charge < -0.3 is 19.5 Å². The maximum absolute atomic E-state index is 12.0. The van der Waals surface area contributed by atoms with Gasteiger partial charge in [0.25, 0.3) is 5.91 Å². The van der Waals surface area contributed by atoms with Crippen LogP contribution in [0.2, 0.25) is 5.02 Å². The van der Waals surface area contributed by atoms with Crippen molar-refractivity contribution in [1.82, 2.24) is 5.32 Å². The first-order valence-electron chi connectivity index (χ1n) is 9.11. The van der Waals surface area contributed by atoms with E-state index in [9.17, 15) is 4.79 Å². The fourth-order valence-electron chi connectivity index (χ4n) is 2.82. The van der Waals surface area contributed by atoms with Gasteiger partial charge in [-0.3, -0.25) is 4.79 Å². The molecule has 5 nitrogen and oxygen atoms in total. The summed E-state index contributed by atoms with van der Waals surface area (Å²) in [6, 6.07) is 15.0. The monoisotopic (exact) mass is 389 g/mol. The smallest absolute Gasteiger partial charge is 0.258 e. The number of nitrogens with one attached hydrogen (secondary N) is 1. The molecule has 1 heterocycles. The summed E-state index contributed by atoms with van der Waals surface area (Å²) in [4.78, 5) is 12.0. The van der Waals surface area contributed by atoms with Crippen molar-refractivity contribution < 1.29 is 19.0 Å². The van der Waals surface area contributed by atoms with Crippen molar-refractivity contribution in [1.29, 1.82) is 0 Å². The summed E-state index contributed by atoms with van der Waals surface area (Å²) < 4.78 is 16.7. The first-order chi connectivity index (χ1) is 13.2. The van der Waals surface area contributed by atoms with E-state index in [1.54, 1.807) is 24.3 Å². The topological polar surface area (TPSA) is 56.8 Å². The van der Waals surface area contributed by atoms with Crippen molar-refractivity contribution in [2.24, 2.45) is 0 Å². The Hall–Kier alpha value is -2.08. The molecule has 2 aromatic carbocycles. The van der Waals surface area contributed by atoms with E-state index in [1.807, 2.05) is 18.2 Å². The van der Waals surface area contributed by atoms with E-state index in [2.05, 4.69) is 11.4 Å². The molecule has 1 fully saturated rings. The van der Waals surface area contributed by atoms with Crippen molar-refractivity contribution in [3.8, 4) is 5.75 Å². The maximum atomic E-state index is 12.0. The van der Waals surface area contributed by atoms with Crippen LogP contribution in [-0.4, -0.2) is 31.8 Å². The molecule has 0 bridgehead atoms. The van der Waals surface area contributed by atoms with Crippen LogP contribution in [0.25, 0.3) is 0 Å². The molecule has 0 aliphatic carbocycles. The molecule has 144 valence electrons. The van der Waals surface area contributed by atoms with Gasteiger partial charge in [-0.25, -0.2) is 0 Å². The zero-order valence-corrected chi connectivity index (χ0v) is 15.9. The zero-order valence-electron chi connectivity index (χ0n) is 15.2. The number of hydrogen-bond acceptors (Lipinski definition) is 4. The molecular formula is C21H24ClNO4. The average molecular weight is 390 g/mol. The Balaban J connectivity index is 1.40. The SMILES string of the molecule is O=C(COc1ccc(Cl)cc1)NCc1cccc(COC2CCOCC2)c1. The van der Waals surface area contributed by atoms with Gasteiger partial charge in [0.05, 0.1) is 12.7 Å². The Kier molecular flexibility index (Phi) is 7.51. The molecule has 0 atom stereocenters. The standard InChI is InChI=1S/C21H24ClNO4/c22-18-4-6-19(7-5-18)27-15-21(24)23-13-16-2-1-3-17(12-16)14-26-20-8-10-25-11-9-20/h1-7,12,20H,8-11,13-15H2,(H,23,24). The molecule has 1 N–H and O–H groups in total. The summed E-state index contributed by atoms with van der Waals surface area (Å²) in [6.45, 7) is 2.54. The van der Waals surface area contributed by atoms with Gasteiger partial charge in [-0.2, -0.15) is 0 Å². The number of carbonyl (C=O) groups is 1. The molecule has 1 aliphatic rings. The molecule has 2 aromatic rings. The molecule has 0 radical (unpaired) electrons. The number of carbonyl (C=O) groups excluding carboxylic acids is 1. The Morgan fingerprint density at radius 3 is 2.63 bits per heavy atom. The number of halogens is 1. The normalized spacial score (nSPS) is 14.7. The van der Waals surface area contributed by atoms with E-state index in [1.165, 1.54) is 0 Å². The Bertz CT molecular complexity index is 729. The summed E-state index contributed by atoms with van der Waals surface area (Å²) in [5, 5.41) is 3.50. The summed E-state index contributed by atoms with van der Waals surface area (Å²) >= 11 is 5.82. The summed E-state index contributed by atoms with van der Waals surface area (Å²) in [7, 11) is 0. The second-order valence-corrected chi connectivity index (χ2v) is 6.90. The minimum absolute atomic E-state index is 0.0335. The molecule has 6 heteroatoms. The van der Waals surface area contributed by atoms with Crippen molar-refractivity contribution in [3.63, 3.8) is 0 Å². The number of rotatable bonds is 8. The highest BCUT2D eigenvalue weighted by Gasteiger charge is 2.14. The van der Waals surface area contributed by atoms with Gasteiger partial charge in [0.2, 0.25) is 0 Å². The van der Waals surface area contributed by atoms with Crippen molar-refractivity contribution in [2.75, 3.05) is 19.8 Å². The van der Waals surface area contributed by atoms with Crippen molar-refractivity contribution >= 4 is 17.5 Å². The first-order valence-corrected chi connectivity index (χ1v) is 9.49. The van der Waals surface area contributed by atoms with Crippen molar-refractivity contribution in [2.45, 2.75) is 32.1 Å². The highest BCUT2D eigenvalue weighted by molar-refractivity contribution is 6.30. The van der Waals surface area contributed by atoms with Gasteiger partial charge in [-0.1, -0.05) is 35.9 Å². The zero-order chi connectivity index (χ0) is 18.9. The van der Waals surface area contributed by atoms with Crippen LogP contribution in [0.3, 0.4) is 0 Å².